The number of carboxylic acids is 2. The van der Waals surface area contributed by atoms with Crippen molar-refractivity contribution in [3.63, 3.8) is 0 Å². The number of nitrogens with zero attached hydrogens (tertiary/aromatic N) is 2. The van der Waals surface area contributed by atoms with Crippen molar-refractivity contribution in [3.05, 3.63) is 12.2 Å². The average molecular weight is 401 g/mol. The summed E-state index contributed by atoms with van der Waals surface area (Å²) in [5, 5.41) is 17.2. The van der Waals surface area contributed by atoms with Crippen molar-refractivity contribution in [3.8, 4) is 0 Å². The fraction of sp³-hybridized carbons (Fsp3) is 0.800. The van der Waals surface area contributed by atoms with Gasteiger partial charge >= 0.3 is 11.9 Å². The van der Waals surface area contributed by atoms with E-state index in [1.807, 2.05) is 6.08 Å². The molecule has 0 spiro atoms. The molecule has 6 heterocycles. The molecule has 0 saturated carbocycles. The predicted molar refractivity (Wildman–Crippen MR) is 106 cm³/mol. The van der Waals surface area contributed by atoms with Crippen LogP contribution in [0.3, 0.4) is 0 Å². The van der Waals surface area contributed by atoms with Crippen molar-refractivity contribution in [2.45, 2.75) is 51.4 Å². The van der Waals surface area contributed by atoms with Gasteiger partial charge < -0.3 is 20.0 Å². The van der Waals surface area contributed by atoms with Gasteiger partial charge in [-0.3, -0.25) is 4.79 Å². The standard InChI is InChI=1S/C10H17NO2.C10H15NO2.ClH/c2*12-9(13)1-2-10-3-6-11(7-4-10)8-5-10;/h1-8H2,(H,12,13);1-2H,3-8H2,(H,12,13);1H. The van der Waals surface area contributed by atoms with Crippen LogP contribution in [0.15, 0.2) is 12.2 Å². The van der Waals surface area contributed by atoms with E-state index in [2.05, 4.69) is 9.80 Å². The molecule has 6 fully saturated rings. The van der Waals surface area contributed by atoms with Crippen molar-refractivity contribution in [2.75, 3.05) is 39.3 Å². The van der Waals surface area contributed by atoms with E-state index < -0.39 is 11.9 Å². The van der Waals surface area contributed by atoms with Crippen molar-refractivity contribution in [1.82, 2.24) is 9.80 Å². The molecule has 2 N–H and O–H groups in total. The molecule has 0 radical (unpaired) electrons. The Morgan fingerprint density at radius 2 is 1.26 bits per heavy atom. The van der Waals surface area contributed by atoms with E-state index in [1.165, 1.54) is 45.0 Å². The molecule has 6 saturated heterocycles. The number of halogens is 1. The Kier molecular flexibility index (Phi) is 7.72. The summed E-state index contributed by atoms with van der Waals surface area (Å²) in [4.78, 5) is 25.9. The number of allylic oxidation sites excluding steroid dienone is 1. The van der Waals surface area contributed by atoms with E-state index >= 15 is 0 Å². The van der Waals surface area contributed by atoms with Crippen molar-refractivity contribution in [2.24, 2.45) is 10.8 Å². The largest absolute Gasteiger partial charge is 0.481 e. The zero-order chi connectivity index (χ0) is 18.6. The van der Waals surface area contributed by atoms with Gasteiger partial charge in [-0.1, -0.05) is 6.08 Å². The third-order valence-electron chi connectivity index (χ3n) is 7.10. The molecule has 0 aromatic heterocycles. The molecule has 6 aliphatic heterocycles. The molecule has 154 valence electrons. The molecule has 0 aromatic rings. The monoisotopic (exact) mass is 400 g/mol. The van der Waals surface area contributed by atoms with Crippen molar-refractivity contribution >= 4 is 24.3 Å². The Labute approximate surface area is 168 Å². The summed E-state index contributed by atoms with van der Waals surface area (Å²) in [5.74, 6) is -1.45. The van der Waals surface area contributed by atoms with Crippen LogP contribution in [0.25, 0.3) is 0 Å². The summed E-state index contributed by atoms with van der Waals surface area (Å²) >= 11 is 0. The van der Waals surface area contributed by atoms with Crippen LogP contribution in [0.5, 0.6) is 0 Å². The summed E-state index contributed by atoms with van der Waals surface area (Å²) in [7, 11) is 0. The second-order valence-corrected chi connectivity index (χ2v) is 8.61. The fourth-order valence-electron chi connectivity index (χ4n) is 4.99. The van der Waals surface area contributed by atoms with Crippen LogP contribution in [-0.2, 0) is 9.59 Å². The van der Waals surface area contributed by atoms with Crippen LogP contribution in [0.2, 0.25) is 0 Å². The van der Waals surface area contributed by atoms with Gasteiger partial charge in [0, 0.05) is 12.5 Å². The molecule has 0 amide bonds. The Bertz CT molecular complexity index is 523. The highest BCUT2D eigenvalue weighted by Crippen LogP contribution is 2.43. The average Bonchev–Trinajstić information content (AvgIpc) is 2.69. The molecular weight excluding hydrogens is 368 g/mol. The van der Waals surface area contributed by atoms with Crippen LogP contribution in [0.4, 0.5) is 0 Å². The predicted octanol–water partition coefficient (Wildman–Crippen LogP) is 2.87. The summed E-state index contributed by atoms with van der Waals surface area (Å²) < 4.78 is 0. The number of aliphatic carboxylic acids is 2. The Balaban J connectivity index is 0.000000187. The molecular formula is C20H33ClN2O4. The smallest absolute Gasteiger partial charge is 0.327 e. The minimum Gasteiger partial charge on any atom is -0.481 e. The number of carboxylic acid groups (broad SMARTS) is 2. The van der Waals surface area contributed by atoms with Gasteiger partial charge in [-0.2, -0.15) is 0 Å². The van der Waals surface area contributed by atoms with E-state index in [4.69, 9.17) is 10.2 Å². The third kappa shape index (κ3) is 5.93. The first-order chi connectivity index (χ1) is 12.4. The van der Waals surface area contributed by atoms with Crippen molar-refractivity contribution in [1.29, 1.82) is 0 Å². The van der Waals surface area contributed by atoms with Gasteiger partial charge in [0.1, 0.15) is 0 Å². The molecule has 0 unspecified atom stereocenters. The summed E-state index contributed by atoms with van der Waals surface area (Å²) in [6.45, 7) is 7.01. The number of hydrogen-bond acceptors (Lipinski definition) is 4. The zero-order valence-electron chi connectivity index (χ0n) is 16.1. The van der Waals surface area contributed by atoms with Crippen LogP contribution in [-0.4, -0.2) is 71.2 Å². The first-order valence-corrected chi connectivity index (χ1v) is 9.99. The van der Waals surface area contributed by atoms with Crippen molar-refractivity contribution < 1.29 is 19.8 Å². The summed E-state index contributed by atoms with van der Waals surface area (Å²) in [6, 6.07) is 0. The Morgan fingerprint density at radius 3 is 1.67 bits per heavy atom. The quantitative estimate of drug-likeness (QED) is 0.690. The molecule has 27 heavy (non-hydrogen) atoms. The number of carbonyl (C=O) groups is 2. The molecule has 6 nitrogen and oxygen atoms in total. The molecule has 0 aliphatic carbocycles. The fourth-order valence-corrected chi connectivity index (χ4v) is 4.99. The van der Waals surface area contributed by atoms with Gasteiger partial charge in [0.25, 0.3) is 0 Å². The van der Waals surface area contributed by atoms with Crippen LogP contribution >= 0.6 is 12.4 Å². The van der Waals surface area contributed by atoms with E-state index in [0.29, 0.717) is 11.8 Å². The van der Waals surface area contributed by atoms with Gasteiger partial charge in [0.15, 0.2) is 0 Å². The minimum atomic E-state index is -0.817. The van der Waals surface area contributed by atoms with Crippen LogP contribution in [0, 0.1) is 10.8 Å². The van der Waals surface area contributed by atoms with Gasteiger partial charge in [-0.15, -0.1) is 12.4 Å². The number of rotatable bonds is 5. The lowest BCUT2D eigenvalue weighted by molar-refractivity contribution is -0.138. The highest BCUT2D eigenvalue weighted by molar-refractivity contribution is 5.85. The minimum absolute atomic E-state index is 0. The van der Waals surface area contributed by atoms with E-state index in [0.717, 1.165) is 45.3 Å². The maximum absolute atomic E-state index is 10.5. The maximum atomic E-state index is 10.5. The van der Waals surface area contributed by atoms with Gasteiger partial charge in [0.05, 0.1) is 0 Å². The normalized spacial score (nSPS) is 36.6. The maximum Gasteiger partial charge on any atom is 0.327 e. The lowest BCUT2D eigenvalue weighted by Gasteiger charge is -2.48. The highest BCUT2D eigenvalue weighted by Gasteiger charge is 2.39. The molecule has 6 aliphatic rings. The third-order valence-corrected chi connectivity index (χ3v) is 7.10. The summed E-state index contributed by atoms with van der Waals surface area (Å²) in [6.07, 6.45) is 11.6. The molecule has 6 rings (SSSR count). The van der Waals surface area contributed by atoms with Crippen LogP contribution < -0.4 is 0 Å². The van der Waals surface area contributed by atoms with Crippen LogP contribution in [0.1, 0.15) is 51.4 Å². The number of piperidine rings is 6. The zero-order valence-corrected chi connectivity index (χ0v) is 16.9. The second-order valence-electron chi connectivity index (χ2n) is 8.61. The number of fused-ring (bicyclic) bond motifs is 6. The molecule has 0 aromatic carbocycles. The van der Waals surface area contributed by atoms with Gasteiger partial charge in [0.2, 0.25) is 0 Å². The molecule has 7 heteroatoms. The lowest BCUT2D eigenvalue weighted by Crippen LogP contribution is -2.48. The van der Waals surface area contributed by atoms with Gasteiger partial charge in [-0.25, -0.2) is 4.79 Å². The SMILES string of the molecule is Cl.O=C(O)C=CC12CCN(CC1)CC2.O=C(O)CCC12CCN(CC1)CC2. The highest BCUT2D eigenvalue weighted by atomic mass is 35.5. The lowest BCUT2D eigenvalue weighted by atomic mass is 9.69. The first-order valence-electron chi connectivity index (χ1n) is 9.99. The Hall–Kier alpha value is -1.11. The topological polar surface area (TPSA) is 81.1 Å². The van der Waals surface area contributed by atoms with Gasteiger partial charge in [-0.05, 0) is 95.0 Å². The molecule has 4 bridgehead atoms. The first kappa shape index (κ1) is 22.2. The van der Waals surface area contributed by atoms with E-state index in [-0.39, 0.29) is 17.8 Å². The number of hydrogen-bond donors (Lipinski definition) is 2. The molecule has 0 atom stereocenters. The Morgan fingerprint density at radius 1 is 0.815 bits per heavy atom. The van der Waals surface area contributed by atoms with E-state index in [1.54, 1.807) is 0 Å². The second kappa shape index (κ2) is 9.39. The summed E-state index contributed by atoms with van der Waals surface area (Å²) in [5.41, 5.74) is 0.611. The van der Waals surface area contributed by atoms with E-state index in [9.17, 15) is 9.59 Å².